The Bertz CT molecular complexity index is 1250. The van der Waals surface area contributed by atoms with E-state index in [4.69, 9.17) is 4.84 Å². The van der Waals surface area contributed by atoms with Gasteiger partial charge >= 0.3 is 0 Å². The maximum atomic E-state index is 13.4. The van der Waals surface area contributed by atoms with Gasteiger partial charge in [-0.2, -0.15) is 0 Å². The molecule has 0 fully saturated rings. The van der Waals surface area contributed by atoms with Crippen LogP contribution < -0.4 is 5.06 Å². The Hall–Kier alpha value is -3.10. The maximum Gasteiger partial charge on any atom is 0.269 e. The summed E-state index contributed by atoms with van der Waals surface area (Å²) in [6.07, 6.45) is 11.3. The van der Waals surface area contributed by atoms with Gasteiger partial charge in [0, 0.05) is 42.6 Å². The minimum atomic E-state index is -3.77. The van der Waals surface area contributed by atoms with E-state index >= 15 is 0 Å². The Kier molecular flexibility index (Phi) is 4.60. The molecule has 2 aromatic heterocycles. The van der Waals surface area contributed by atoms with Crippen molar-refractivity contribution in [2.45, 2.75) is 11.3 Å². The van der Waals surface area contributed by atoms with E-state index in [-0.39, 0.29) is 4.90 Å². The molecule has 1 aromatic carbocycles. The Balaban J connectivity index is 1.70. The summed E-state index contributed by atoms with van der Waals surface area (Å²) in [5, 5.41) is 2.67. The summed E-state index contributed by atoms with van der Waals surface area (Å²) in [6, 6.07) is 8.94. The number of rotatable bonds is 4. The van der Waals surface area contributed by atoms with Gasteiger partial charge in [0.25, 0.3) is 10.0 Å². The first-order valence-corrected chi connectivity index (χ1v) is 11.3. The van der Waals surface area contributed by atoms with Crippen molar-refractivity contribution in [3.63, 3.8) is 0 Å². The summed E-state index contributed by atoms with van der Waals surface area (Å²) in [4.78, 5) is 11.9. The van der Waals surface area contributed by atoms with Crippen molar-refractivity contribution in [1.82, 2.24) is 13.9 Å². The largest absolute Gasteiger partial charge is 0.387 e. The van der Waals surface area contributed by atoms with Gasteiger partial charge in [0.05, 0.1) is 17.7 Å². The molecular formula is C22H22N4O3S. The van der Waals surface area contributed by atoms with Crippen molar-refractivity contribution < 1.29 is 13.3 Å². The van der Waals surface area contributed by atoms with Crippen LogP contribution in [-0.2, 0) is 14.9 Å². The second-order valence-electron chi connectivity index (χ2n) is 7.51. The van der Waals surface area contributed by atoms with Crippen LogP contribution >= 0.6 is 0 Å². The van der Waals surface area contributed by atoms with Crippen LogP contribution in [0.5, 0.6) is 0 Å². The van der Waals surface area contributed by atoms with E-state index in [1.54, 1.807) is 35.9 Å². The van der Waals surface area contributed by atoms with Gasteiger partial charge in [-0.15, -0.1) is 0 Å². The second-order valence-corrected chi connectivity index (χ2v) is 9.33. The highest BCUT2D eigenvalue weighted by Gasteiger charge is 2.24. The lowest BCUT2D eigenvalue weighted by Crippen LogP contribution is -2.23. The quantitative estimate of drug-likeness (QED) is 0.643. The fraction of sp³-hybridized carbons (Fsp3) is 0.227. The smallest absolute Gasteiger partial charge is 0.269 e. The lowest BCUT2D eigenvalue weighted by Gasteiger charge is -2.22. The third kappa shape index (κ3) is 3.18. The van der Waals surface area contributed by atoms with E-state index in [0.29, 0.717) is 12.1 Å². The summed E-state index contributed by atoms with van der Waals surface area (Å²) < 4.78 is 28.2. The zero-order valence-corrected chi connectivity index (χ0v) is 17.4. The van der Waals surface area contributed by atoms with Crippen LogP contribution in [0.1, 0.15) is 12.0 Å². The van der Waals surface area contributed by atoms with Gasteiger partial charge in [0.1, 0.15) is 11.2 Å². The monoisotopic (exact) mass is 422 g/mol. The molecular weight excluding hydrogens is 400 g/mol. The molecule has 0 saturated heterocycles. The number of fused-ring (bicyclic) bond motifs is 1. The number of aromatic nitrogens is 2. The summed E-state index contributed by atoms with van der Waals surface area (Å²) in [6.45, 7) is 2.44. The summed E-state index contributed by atoms with van der Waals surface area (Å²) in [7, 11) is -1.68. The Morgan fingerprint density at radius 3 is 2.77 bits per heavy atom. The minimum absolute atomic E-state index is 0.168. The molecule has 2 aliphatic heterocycles. The predicted octanol–water partition coefficient (Wildman–Crippen LogP) is 3.26. The van der Waals surface area contributed by atoms with Crippen molar-refractivity contribution in [2.24, 2.45) is 0 Å². The van der Waals surface area contributed by atoms with Gasteiger partial charge in [-0.3, -0.25) is 4.98 Å². The van der Waals surface area contributed by atoms with Crippen LogP contribution in [0.15, 0.2) is 72.2 Å². The lowest BCUT2D eigenvalue weighted by molar-refractivity contribution is 0.247. The molecule has 4 heterocycles. The van der Waals surface area contributed by atoms with Crippen molar-refractivity contribution in [3.8, 4) is 0 Å². The second kappa shape index (κ2) is 7.30. The van der Waals surface area contributed by atoms with Crippen molar-refractivity contribution in [1.29, 1.82) is 0 Å². The molecule has 0 aliphatic carbocycles. The molecule has 30 heavy (non-hydrogen) atoms. The molecule has 0 N–H and O–H groups in total. The molecule has 0 radical (unpaired) electrons. The maximum absolute atomic E-state index is 13.4. The molecule has 0 spiro atoms. The number of hydroxylamine groups is 1. The molecule has 2 aliphatic rings. The molecule has 3 aromatic rings. The fourth-order valence-electron chi connectivity index (χ4n) is 3.89. The van der Waals surface area contributed by atoms with Crippen LogP contribution in [0.4, 0.5) is 5.69 Å². The zero-order valence-electron chi connectivity index (χ0n) is 16.6. The Labute approximate surface area is 175 Å². The minimum Gasteiger partial charge on any atom is -0.387 e. The number of nitrogens with zero attached hydrogens (tertiary/aromatic N) is 4. The van der Waals surface area contributed by atoms with Crippen LogP contribution in [-0.4, -0.2) is 49.0 Å². The van der Waals surface area contributed by atoms with Gasteiger partial charge in [-0.25, -0.2) is 17.5 Å². The number of anilines is 1. The average Bonchev–Trinajstić information content (AvgIpc) is 3.43. The summed E-state index contributed by atoms with van der Waals surface area (Å²) >= 11 is 0. The van der Waals surface area contributed by atoms with E-state index in [9.17, 15) is 8.42 Å². The molecule has 0 bridgehead atoms. The summed E-state index contributed by atoms with van der Waals surface area (Å²) in [5.74, 6) is 0. The highest BCUT2D eigenvalue weighted by Crippen LogP contribution is 2.35. The standard InChI is InChI=1S/C22H22N4O3S/c1-24-11-7-17(8-12-24)21-16-26(30(27,28)19-4-2-9-23-15-19)22-6-5-18(14-20(21)22)25-10-3-13-29-25/h2-7,9,13-16H,8,10-12H2,1H3. The Morgan fingerprint density at radius 1 is 1.17 bits per heavy atom. The molecule has 8 heteroatoms. The van der Waals surface area contributed by atoms with E-state index in [2.05, 4.69) is 23.0 Å². The van der Waals surface area contributed by atoms with E-state index in [1.807, 2.05) is 24.3 Å². The fourth-order valence-corrected chi connectivity index (χ4v) is 5.23. The van der Waals surface area contributed by atoms with Gasteiger partial charge in [0.15, 0.2) is 0 Å². The molecule has 154 valence electrons. The van der Waals surface area contributed by atoms with Crippen molar-refractivity contribution >= 4 is 32.2 Å². The van der Waals surface area contributed by atoms with Gasteiger partial charge in [-0.05, 0) is 55.4 Å². The van der Waals surface area contributed by atoms with E-state index in [0.717, 1.165) is 41.7 Å². The molecule has 5 rings (SSSR count). The molecule has 0 saturated carbocycles. The average molecular weight is 423 g/mol. The SMILES string of the molecule is CN1CC=C(c2cn(S(=O)(=O)c3cccnc3)c3ccc(N4CC=CO4)cc23)CC1. The van der Waals surface area contributed by atoms with Crippen molar-refractivity contribution in [3.05, 3.63) is 72.9 Å². The first kappa shape index (κ1) is 18.9. The van der Waals surface area contributed by atoms with Crippen LogP contribution in [0.25, 0.3) is 16.5 Å². The van der Waals surface area contributed by atoms with Crippen molar-refractivity contribution in [2.75, 3.05) is 31.7 Å². The third-order valence-electron chi connectivity index (χ3n) is 5.55. The molecule has 0 unspecified atom stereocenters. The van der Waals surface area contributed by atoms with E-state index in [1.165, 1.54) is 10.2 Å². The highest BCUT2D eigenvalue weighted by atomic mass is 32.2. The highest BCUT2D eigenvalue weighted by molar-refractivity contribution is 7.90. The third-order valence-corrected chi connectivity index (χ3v) is 7.20. The topological polar surface area (TPSA) is 67.7 Å². The molecule has 0 amide bonds. The molecule has 7 nitrogen and oxygen atoms in total. The summed E-state index contributed by atoms with van der Waals surface area (Å²) in [5.41, 5.74) is 3.64. The number of benzene rings is 1. The zero-order chi connectivity index (χ0) is 20.7. The number of likely N-dealkylation sites (N-methyl/N-ethyl adjacent to an activating group) is 1. The lowest BCUT2D eigenvalue weighted by atomic mass is 9.99. The van der Waals surface area contributed by atoms with Gasteiger partial charge in [-0.1, -0.05) is 6.08 Å². The predicted molar refractivity (Wildman–Crippen MR) is 116 cm³/mol. The van der Waals surface area contributed by atoms with E-state index < -0.39 is 10.0 Å². The van der Waals surface area contributed by atoms with Crippen LogP contribution in [0, 0.1) is 0 Å². The van der Waals surface area contributed by atoms with Gasteiger partial charge in [0.2, 0.25) is 0 Å². The number of pyridine rings is 1. The first-order chi connectivity index (χ1) is 14.5. The Morgan fingerprint density at radius 2 is 2.07 bits per heavy atom. The number of hydrogen-bond acceptors (Lipinski definition) is 6. The number of hydrogen-bond donors (Lipinski definition) is 0. The van der Waals surface area contributed by atoms with Crippen LogP contribution in [0.2, 0.25) is 0 Å². The first-order valence-electron chi connectivity index (χ1n) is 9.82. The van der Waals surface area contributed by atoms with Gasteiger partial charge < -0.3 is 9.74 Å². The molecule has 0 atom stereocenters. The van der Waals surface area contributed by atoms with Crippen LogP contribution in [0.3, 0.4) is 0 Å². The normalized spacial score (nSPS) is 17.4.